The molecule has 0 amide bonds. The largest absolute Gasteiger partial charge is 0.505 e. The van der Waals surface area contributed by atoms with Crippen molar-refractivity contribution in [3.05, 3.63) is 29.3 Å². The topological polar surface area (TPSA) is 32.3 Å². The molecule has 0 aliphatic carbocycles. The third-order valence-electron chi connectivity index (χ3n) is 1.75. The first-order chi connectivity index (χ1) is 6.15. The van der Waals surface area contributed by atoms with Gasteiger partial charge < -0.3 is 10.4 Å². The summed E-state index contributed by atoms with van der Waals surface area (Å²) in [6.07, 6.45) is 0.400. The molecule has 0 aromatic heterocycles. The van der Waals surface area contributed by atoms with Gasteiger partial charge in [-0.3, -0.25) is 0 Å². The number of hydrogen-bond acceptors (Lipinski definition) is 2. The van der Waals surface area contributed by atoms with Crippen LogP contribution < -0.4 is 5.32 Å². The van der Waals surface area contributed by atoms with Gasteiger partial charge in [0.05, 0.1) is 0 Å². The Kier molecular flexibility index (Phi) is 3.19. The number of nitrogens with one attached hydrogen (secondary N) is 1. The highest BCUT2D eigenvalue weighted by Gasteiger charge is 2.08. The zero-order chi connectivity index (χ0) is 9.84. The Hall–Kier alpha value is -1.16. The maximum atomic E-state index is 12.8. The fraction of sp³-hybridized carbons (Fsp3) is 0.333. The Morgan fingerprint density at radius 2 is 2.08 bits per heavy atom. The van der Waals surface area contributed by atoms with E-state index in [1.807, 2.05) is 0 Å². The van der Waals surface area contributed by atoms with Gasteiger partial charge in [-0.1, -0.05) is 0 Å². The lowest BCUT2D eigenvalue weighted by Gasteiger charge is -2.04. The molecule has 1 aromatic carbocycles. The predicted octanol–water partition coefficient (Wildman–Crippen LogP) is 1.43. The van der Waals surface area contributed by atoms with Crippen molar-refractivity contribution >= 4 is 0 Å². The fourth-order valence-corrected chi connectivity index (χ4v) is 1.07. The summed E-state index contributed by atoms with van der Waals surface area (Å²) in [6.45, 7) is 0.566. The summed E-state index contributed by atoms with van der Waals surface area (Å²) in [5.74, 6) is -2.04. The Balaban J connectivity index is 2.92. The molecule has 0 atom stereocenters. The summed E-state index contributed by atoms with van der Waals surface area (Å²) >= 11 is 0. The second kappa shape index (κ2) is 4.18. The predicted molar refractivity (Wildman–Crippen MR) is 45.7 cm³/mol. The summed E-state index contributed by atoms with van der Waals surface area (Å²) in [5.41, 5.74) is 0.284. The molecule has 2 nitrogen and oxygen atoms in total. The van der Waals surface area contributed by atoms with E-state index in [1.165, 1.54) is 0 Å². The summed E-state index contributed by atoms with van der Waals surface area (Å²) < 4.78 is 25.4. The lowest BCUT2D eigenvalue weighted by atomic mass is 10.1. The maximum Gasteiger partial charge on any atom is 0.168 e. The molecule has 1 rings (SSSR count). The summed E-state index contributed by atoms with van der Waals surface area (Å²) in [7, 11) is 1.73. The monoisotopic (exact) mass is 187 g/mol. The fourth-order valence-electron chi connectivity index (χ4n) is 1.07. The lowest BCUT2D eigenvalue weighted by molar-refractivity contribution is 0.420. The average molecular weight is 187 g/mol. The zero-order valence-electron chi connectivity index (χ0n) is 7.27. The third kappa shape index (κ3) is 2.39. The van der Waals surface area contributed by atoms with Crippen molar-refractivity contribution in [2.75, 3.05) is 13.6 Å². The van der Waals surface area contributed by atoms with E-state index in [-0.39, 0.29) is 5.56 Å². The van der Waals surface area contributed by atoms with E-state index in [9.17, 15) is 13.9 Å². The molecule has 0 fully saturated rings. The van der Waals surface area contributed by atoms with Gasteiger partial charge in [-0.15, -0.1) is 0 Å². The second-order valence-electron chi connectivity index (χ2n) is 2.75. The van der Waals surface area contributed by atoms with Crippen molar-refractivity contribution in [1.29, 1.82) is 0 Å². The van der Waals surface area contributed by atoms with Crippen molar-refractivity contribution in [3.8, 4) is 5.75 Å². The van der Waals surface area contributed by atoms with E-state index < -0.39 is 17.4 Å². The molecule has 0 saturated carbocycles. The molecule has 0 unspecified atom stereocenters. The number of benzene rings is 1. The number of likely N-dealkylation sites (N-methyl/N-ethyl adjacent to an activating group) is 1. The normalized spacial score (nSPS) is 10.4. The Morgan fingerprint density at radius 1 is 1.38 bits per heavy atom. The SMILES string of the molecule is CNCCc1cc(F)cc(F)c1O. The van der Waals surface area contributed by atoms with Crippen molar-refractivity contribution < 1.29 is 13.9 Å². The number of phenols is 1. The van der Waals surface area contributed by atoms with E-state index in [4.69, 9.17) is 0 Å². The van der Waals surface area contributed by atoms with Crippen LogP contribution in [0.5, 0.6) is 5.75 Å². The van der Waals surface area contributed by atoms with Crippen LogP contribution in [0.2, 0.25) is 0 Å². The minimum absolute atomic E-state index is 0.284. The first-order valence-corrected chi connectivity index (χ1v) is 3.96. The molecule has 0 heterocycles. The van der Waals surface area contributed by atoms with Crippen LogP contribution in [0.1, 0.15) is 5.56 Å². The summed E-state index contributed by atoms with van der Waals surface area (Å²) in [6, 6.07) is 1.80. The second-order valence-corrected chi connectivity index (χ2v) is 2.75. The molecule has 72 valence electrons. The van der Waals surface area contributed by atoms with Gasteiger partial charge in [0.1, 0.15) is 5.82 Å². The van der Waals surface area contributed by atoms with Crippen molar-refractivity contribution in [2.24, 2.45) is 0 Å². The Morgan fingerprint density at radius 3 is 2.69 bits per heavy atom. The molecule has 0 aliphatic rings. The first-order valence-electron chi connectivity index (χ1n) is 3.96. The molecular formula is C9H11F2NO. The van der Waals surface area contributed by atoms with Gasteiger partial charge in [0, 0.05) is 11.6 Å². The van der Waals surface area contributed by atoms with Crippen molar-refractivity contribution in [2.45, 2.75) is 6.42 Å². The van der Waals surface area contributed by atoms with Crippen LogP contribution in [0.3, 0.4) is 0 Å². The van der Waals surface area contributed by atoms with Gasteiger partial charge >= 0.3 is 0 Å². The van der Waals surface area contributed by atoms with Crippen molar-refractivity contribution in [3.63, 3.8) is 0 Å². The Labute approximate surface area is 75.2 Å². The summed E-state index contributed by atoms with van der Waals surface area (Å²) in [5, 5.41) is 12.0. The molecule has 2 N–H and O–H groups in total. The van der Waals surface area contributed by atoms with Crippen LogP contribution >= 0.6 is 0 Å². The van der Waals surface area contributed by atoms with Gasteiger partial charge in [-0.25, -0.2) is 8.78 Å². The maximum absolute atomic E-state index is 12.8. The van der Waals surface area contributed by atoms with E-state index in [1.54, 1.807) is 7.05 Å². The van der Waals surface area contributed by atoms with Crippen LogP contribution in [-0.4, -0.2) is 18.7 Å². The average Bonchev–Trinajstić information content (AvgIpc) is 2.09. The minimum atomic E-state index is -0.911. The van der Waals surface area contributed by atoms with E-state index >= 15 is 0 Å². The van der Waals surface area contributed by atoms with Gasteiger partial charge in [-0.05, 0) is 26.1 Å². The smallest absolute Gasteiger partial charge is 0.168 e. The van der Waals surface area contributed by atoms with Crippen molar-refractivity contribution in [1.82, 2.24) is 5.32 Å². The van der Waals surface area contributed by atoms with Crippen LogP contribution in [0.15, 0.2) is 12.1 Å². The number of aromatic hydroxyl groups is 1. The lowest BCUT2D eigenvalue weighted by Crippen LogP contribution is -2.10. The van der Waals surface area contributed by atoms with Crippen LogP contribution in [0, 0.1) is 11.6 Å². The molecule has 0 saturated heterocycles. The molecule has 13 heavy (non-hydrogen) atoms. The highest BCUT2D eigenvalue weighted by atomic mass is 19.1. The molecule has 0 aliphatic heterocycles. The van der Waals surface area contributed by atoms with Gasteiger partial charge in [-0.2, -0.15) is 0 Å². The highest BCUT2D eigenvalue weighted by Crippen LogP contribution is 2.22. The first kappa shape index (κ1) is 9.92. The zero-order valence-corrected chi connectivity index (χ0v) is 7.27. The number of rotatable bonds is 3. The van der Waals surface area contributed by atoms with Crippen LogP contribution in [0.4, 0.5) is 8.78 Å². The van der Waals surface area contributed by atoms with Crippen LogP contribution in [0.25, 0.3) is 0 Å². The molecule has 1 aromatic rings. The Bertz CT molecular complexity index is 302. The van der Waals surface area contributed by atoms with Crippen LogP contribution in [-0.2, 0) is 6.42 Å². The standard InChI is InChI=1S/C9H11F2NO/c1-12-3-2-6-4-7(10)5-8(11)9(6)13/h4-5,12-13H,2-3H2,1H3. The quantitative estimate of drug-likeness (QED) is 0.750. The molecule has 0 bridgehead atoms. The van der Waals surface area contributed by atoms with Gasteiger partial charge in [0.15, 0.2) is 11.6 Å². The highest BCUT2D eigenvalue weighted by molar-refractivity contribution is 5.34. The minimum Gasteiger partial charge on any atom is -0.505 e. The number of phenolic OH excluding ortho intramolecular Hbond substituents is 1. The molecular weight excluding hydrogens is 176 g/mol. The number of halogens is 2. The van der Waals surface area contributed by atoms with E-state index in [2.05, 4.69) is 5.32 Å². The third-order valence-corrected chi connectivity index (χ3v) is 1.75. The summed E-state index contributed by atoms with van der Waals surface area (Å²) in [4.78, 5) is 0. The molecule has 4 heteroatoms. The molecule has 0 spiro atoms. The molecule has 0 radical (unpaired) electrons. The van der Waals surface area contributed by atoms with Gasteiger partial charge in [0.25, 0.3) is 0 Å². The number of hydrogen-bond donors (Lipinski definition) is 2. The van der Waals surface area contributed by atoms with E-state index in [0.717, 1.165) is 6.07 Å². The van der Waals surface area contributed by atoms with E-state index in [0.29, 0.717) is 19.0 Å². The van der Waals surface area contributed by atoms with Gasteiger partial charge in [0.2, 0.25) is 0 Å².